The van der Waals surface area contributed by atoms with Crippen LogP contribution in [-0.2, 0) is 11.2 Å². The van der Waals surface area contributed by atoms with E-state index in [1.807, 2.05) is 41.8 Å². The van der Waals surface area contributed by atoms with Crippen LogP contribution in [-0.4, -0.2) is 11.4 Å². The van der Waals surface area contributed by atoms with Gasteiger partial charge in [-0.3, -0.25) is 4.79 Å². The summed E-state index contributed by atoms with van der Waals surface area (Å²) in [6, 6.07) is 11.3. The Labute approximate surface area is 116 Å². The number of carbonyl (C=O) groups excluding carboxylic acids is 1. The molecule has 1 amide bonds. The van der Waals surface area contributed by atoms with Crippen LogP contribution in [0.5, 0.6) is 10.8 Å². The van der Waals surface area contributed by atoms with Gasteiger partial charge in [0.25, 0.3) is 0 Å². The van der Waals surface area contributed by atoms with Crippen LogP contribution in [0.25, 0.3) is 0 Å². The molecule has 0 aliphatic heterocycles. The zero-order valence-electron chi connectivity index (χ0n) is 10.6. The molecule has 2 rings (SSSR count). The third-order valence-corrected chi connectivity index (χ3v) is 3.52. The Balaban J connectivity index is 2.04. The number of hydrogen-bond acceptors (Lipinski definition) is 4. The summed E-state index contributed by atoms with van der Waals surface area (Å²) in [6.07, 6.45) is 0.404. The van der Waals surface area contributed by atoms with Crippen LogP contribution in [0, 0.1) is 0 Å². The van der Waals surface area contributed by atoms with Crippen molar-refractivity contribution in [2.45, 2.75) is 18.9 Å². The zero-order chi connectivity index (χ0) is 13.9. The first kappa shape index (κ1) is 13.6. The molecule has 0 bridgehead atoms. The van der Waals surface area contributed by atoms with Gasteiger partial charge in [0.1, 0.15) is 5.75 Å². The van der Waals surface area contributed by atoms with E-state index in [1.165, 1.54) is 11.3 Å². The molecule has 100 valence electrons. The van der Waals surface area contributed by atoms with E-state index in [2.05, 4.69) is 0 Å². The fraction of sp³-hybridized carbons (Fsp3) is 0.214. The largest absolute Gasteiger partial charge is 0.447 e. The van der Waals surface area contributed by atoms with Crippen molar-refractivity contribution in [2.24, 2.45) is 11.5 Å². The highest BCUT2D eigenvalue weighted by Gasteiger charge is 2.25. The Bertz CT molecular complexity index is 547. The second-order valence-corrected chi connectivity index (χ2v) is 5.55. The maximum absolute atomic E-state index is 11.2. The third-order valence-electron chi connectivity index (χ3n) is 2.77. The Morgan fingerprint density at radius 2 is 2.00 bits per heavy atom. The number of benzene rings is 1. The monoisotopic (exact) mass is 276 g/mol. The second-order valence-electron chi connectivity index (χ2n) is 4.64. The summed E-state index contributed by atoms with van der Waals surface area (Å²) >= 11 is 1.53. The minimum atomic E-state index is -1.03. The number of carbonyl (C=O) groups is 1. The van der Waals surface area contributed by atoms with Crippen molar-refractivity contribution in [3.63, 3.8) is 0 Å². The van der Waals surface area contributed by atoms with Gasteiger partial charge in [0.15, 0.2) is 5.06 Å². The molecule has 4 N–H and O–H groups in total. The molecule has 1 unspecified atom stereocenters. The van der Waals surface area contributed by atoms with Crippen molar-refractivity contribution in [2.75, 3.05) is 0 Å². The van der Waals surface area contributed by atoms with Crippen LogP contribution in [0.3, 0.4) is 0 Å². The normalized spacial score (nSPS) is 13.8. The summed E-state index contributed by atoms with van der Waals surface area (Å²) in [6.45, 7) is 1.63. The number of amides is 1. The molecule has 2 aromatic rings. The van der Waals surface area contributed by atoms with E-state index in [0.717, 1.165) is 16.4 Å². The molecule has 0 aliphatic carbocycles. The van der Waals surface area contributed by atoms with Crippen molar-refractivity contribution >= 4 is 17.2 Å². The van der Waals surface area contributed by atoms with Crippen LogP contribution in [0.15, 0.2) is 41.8 Å². The third kappa shape index (κ3) is 3.56. The summed E-state index contributed by atoms with van der Waals surface area (Å²) in [5, 5.41) is 2.80. The van der Waals surface area contributed by atoms with Gasteiger partial charge < -0.3 is 16.2 Å². The molecule has 1 heterocycles. The van der Waals surface area contributed by atoms with Crippen LogP contribution in [0.2, 0.25) is 0 Å². The highest BCUT2D eigenvalue weighted by Crippen LogP contribution is 2.26. The number of ether oxygens (including phenoxy) is 1. The van der Waals surface area contributed by atoms with Gasteiger partial charge in [0, 0.05) is 0 Å². The van der Waals surface area contributed by atoms with E-state index < -0.39 is 11.4 Å². The fourth-order valence-corrected chi connectivity index (χ4v) is 2.22. The number of hydrogen-bond donors (Lipinski definition) is 2. The summed E-state index contributed by atoms with van der Waals surface area (Å²) < 4.78 is 5.65. The van der Waals surface area contributed by atoms with Crippen molar-refractivity contribution in [3.8, 4) is 10.8 Å². The lowest BCUT2D eigenvalue weighted by Crippen LogP contribution is -2.51. The van der Waals surface area contributed by atoms with Gasteiger partial charge >= 0.3 is 0 Å². The zero-order valence-corrected chi connectivity index (χ0v) is 11.4. The molecule has 0 aliphatic rings. The summed E-state index contributed by atoms with van der Waals surface area (Å²) in [5.74, 6) is 0.246. The van der Waals surface area contributed by atoms with Crippen LogP contribution < -0.4 is 16.2 Å². The number of primary amides is 1. The second kappa shape index (κ2) is 5.42. The molecule has 0 radical (unpaired) electrons. The summed E-state index contributed by atoms with van der Waals surface area (Å²) in [7, 11) is 0. The highest BCUT2D eigenvalue weighted by atomic mass is 32.1. The Hall–Kier alpha value is -1.85. The topological polar surface area (TPSA) is 78.3 Å². The first-order valence-electron chi connectivity index (χ1n) is 5.86. The van der Waals surface area contributed by atoms with Gasteiger partial charge in [-0.1, -0.05) is 12.1 Å². The molecule has 0 saturated carbocycles. The lowest BCUT2D eigenvalue weighted by atomic mass is 9.93. The average molecular weight is 276 g/mol. The fourth-order valence-electron chi connectivity index (χ4n) is 1.62. The summed E-state index contributed by atoms with van der Waals surface area (Å²) in [5.41, 5.74) is 11.0. The smallest absolute Gasteiger partial charge is 0.237 e. The predicted molar refractivity (Wildman–Crippen MR) is 76.3 cm³/mol. The molecule has 5 heteroatoms. The lowest BCUT2D eigenvalue weighted by Gasteiger charge is -2.20. The van der Waals surface area contributed by atoms with Crippen LogP contribution in [0.1, 0.15) is 12.5 Å². The molecular formula is C14H16N2O2S. The lowest BCUT2D eigenvalue weighted by molar-refractivity contribution is -0.122. The molecule has 1 atom stereocenters. The number of thiophene rings is 1. The van der Waals surface area contributed by atoms with Gasteiger partial charge in [0.05, 0.1) is 5.54 Å². The van der Waals surface area contributed by atoms with E-state index in [4.69, 9.17) is 16.2 Å². The van der Waals surface area contributed by atoms with Gasteiger partial charge in [-0.25, -0.2) is 0 Å². The average Bonchev–Trinajstić information content (AvgIpc) is 2.84. The molecule has 4 nitrogen and oxygen atoms in total. The summed E-state index contributed by atoms with van der Waals surface area (Å²) in [4.78, 5) is 11.2. The molecule has 1 aromatic heterocycles. The van der Waals surface area contributed by atoms with Gasteiger partial charge in [-0.05, 0) is 48.6 Å². The Kier molecular flexibility index (Phi) is 3.87. The van der Waals surface area contributed by atoms with Gasteiger partial charge in [-0.15, -0.1) is 11.3 Å². The number of rotatable bonds is 5. The molecule has 19 heavy (non-hydrogen) atoms. The van der Waals surface area contributed by atoms with Crippen LogP contribution in [0.4, 0.5) is 0 Å². The van der Waals surface area contributed by atoms with Crippen molar-refractivity contribution in [1.29, 1.82) is 0 Å². The maximum Gasteiger partial charge on any atom is 0.237 e. The first-order chi connectivity index (χ1) is 8.97. The number of nitrogens with two attached hydrogens (primary N) is 2. The van der Waals surface area contributed by atoms with E-state index in [1.54, 1.807) is 6.92 Å². The molecular weight excluding hydrogens is 260 g/mol. The standard InChI is InChI=1S/C14H16N2O2S/c1-14(16,13(15)17)9-10-4-6-11(7-5-10)18-12-3-2-8-19-12/h2-8H,9,16H2,1H3,(H2,15,17). The molecule has 1 aromatic carbocycles. The van der Waals surface area contributed by atoms with Crippen LogP contribution >= 0.6 is 11.3 Å². The minimum Gasteiger partial charge on any atom is -0.447 e. The minimum absolute atomic E-state index is 0.404. The van der Waals surface area contributed by atoms with Crippen molar-refractivity contribution < 1.29 is 9.53 Å². The van der Waals surface area contributed by atoms with Gasteiger partial charge in [0.2, 0.25) is 5.91 Å². The van der Waals surface area contributed by atoms with E-state index in [0.29, 0.717) is 6.42 Å². The van der Waals surface area contributed by atoms with Crippen molar-refractivity contribution in [3.05, 3.63) is 47.3 Å². The molecule has 0 saturated heterocycles. The first-order valence-corrected chi connectivity index (χ1v) is 6.74. The van der Waals surface area contributed by atoms with E-state index in [9.17, 15) is 4.79 Å². The highest BCUT2D eigenvalue weighted by molar-refractivity contribution is 7.11. The molecule has 0 spiro atoms. The van der Waals surface area contributed by atoms with Crippen molar-refractivity contribution in [1.82, 2.24) is 0 Å². The van der Waals surface area contributed by atoms with Gasteiger partial charge in [-0.2, -0.15) is 0 Å². The Morgan fingerprint density at radius 1 is 1.32 bits per heavy atom. The van der Waals surface area contributed by atoms with E-state index in [-0.39, 0.29) is 0 Å². The quantitative estimate of drug-likeness (QED) is 0.879. The van der Waals surface area contributed by atoms with E-state index >= 15 is 0 Å². The molecule has 0 fully saturated rings. The predicted octanol–water partition coefficient (Wildman–Crippen LogP) is 2.29. The SMILES string of the molecule is CC(N)(Cc1ccc(Oc2cccs2)cc1)C(N)=O. The maximum atomic E-state index is 11.2. The Morgan fingerprint density at radius 3 is 2.53 bits per heavy atom.